The van der Waals surface area contributed by atoms with Crippen LogP contribution in [-0.4, -0.2) is 27.3 Å². The lowest BCUT2D eigenvalue weighted by molar-refractivity contribution is 0.415. The minimum Gasteiger partial charge on any atom is -0.497 e. The Hall–Kier alpha value is -1.86. The monoisotopic (exact) mass is 332 g/mol. The second kappa shape index (κ2) is 6.93. The summed E-state index contributed by atoms with van der Waals surface area (Å²) in [7, 11) is 1.67. The summed E-state index contributed by atoms with van der Waals surface area (Å²) in [6.07, 6.45) is 0.865. The van der Waals surface area contributed by atoms with Crippen molar-refractivity contribution in [1.82, 2.24) is 20.2 Å². The summed E-state index contributed by atoms with van der Waals surface area (Å²) >= 11 is 3.23. The number of ether oxygens (including phenoxy) is 1. The molecule has 0 amide bonds. The van der Waals surface area contributed by atoms with Gasteiger partial charge in [0.2, 0.25) is 5.16 Å². The molecule has 0 atom stereocenters. The molecule has 0 saturated carbocycles. The normalized spacial score (nSPS) is 10.8. The fourth-order valence-electron chi connectivity index (χ4n) is 1.90. The van der Waals surface area contributed by atoms with Gasteiger partial charge in [0.25, 0.3) is 0 Å². The van der Waals surface area contributed by atoms with Crippen LogP contribution in [0.2, 0.25) is 0 Å². The first-order chi connectivity index (χ1) is 10.8. The quantitative estimate of drug-likeness (QED) is 0.696. The first-order valence-corrected chi connectivity index (χ1v) is 8.78. The number of methoxy groups -OCH3 is 1. The standard InChI is InChI=1S/C15H16N4OS2/c1-3-13-17-15(19-18-13)22-9-11-8-21-14(16-11)10-5-4-6-12(7-10)20-2/h4-8H,3,9H2,1-2H3,(H,17,18,19). The molecule has 3 rings (SSSR count). The molecular formula is C15H16N4OS2. The predicted octanol–water partition coefficient (Wildman–Crippen LogP) is 3.79. The number of hydrogen-bond donors (Lipinski definition) is 1. The van der Waals surface area contributed by atoms with Gasteiger partial charge in [-0.05, 0) is 12.1 Å². The molecule has 1 aromatic carbocycles. The van der Waals surface area contributed by atoms with Crippen LogP contribution in [0.1, 0.15) is 18.4 Å². The van der Waals surface area contributed by atoms with E-state index in [1.807, 2.05) is 24.3 Å². The van der Waals surface area contributed by atoms with Gasteiger partial charge in [-0.2, -0.15) is 0 Å². The molecule has 0 radical (unpaired) electrons. The number of rotatable bonds is 6. The van der Waals surface area contributed by atoms with Gasteiger partial charge in [-0.15, -0.1) is 16.4 Å². The summed E-state index contributed by atoms with van der Waals surface area (Å²) < 4.78 is 5.25. The number of thiazole rings is 1. The molecule has 2 aromatic heterocycles. The molecule has 2 heterocycles. The Morgan fingerprint density at radius 3 is 3.00 bits per heavy atom. The second-order valence-corrected chi connectivity index (χ2v) is 6.38. The molecule has 3 aromatic rings. The van der Waals surface area contributed by atoms with Crippen molar-refractivity contribution < 1.29 is 4.74 Å². The molecule has 0 aliphatic rings. The van der Waals surface area contributed by atoms with Crippen LogP contribution in [0.3, 0.4) is 0 Å². The molecule has 0 saturated heterocycles. The molecule has 114 valence electrons. The Kier molecular flexibility index (Phi) is 4.74. The Morgan fingerprint density at radius 2 is 2.23 bits per heavy atom. The number of hydrogen-bond acceptors (Lipinski definition) is 6. The number of thioether (sulfide) groups is 1. The van der Waals surface area contributed by atoms with Crippen LogP contribution in [0.4, 0.5) is 0 Å². The summed E-state index contributed by atoms with van der Waals surface area (Å²) in [5.41, 5.74) is 2.11. The van der Waals surface area contributed by atoms with Gasteiger partial charge in [0.15, 0.2) is 0 Å². The molecule has 0 aliphatic carbocycles. The van der Waals surface area contributed by atoms with Crippen LogP contribution in [0.15, 0.2) is 34.8 Å². The van der Waals surface area contributed by atoms with Crippen LogP contribution in [0.25, 0.3) is 10.6 Å². The van der Waals surface area contributed by atoms with E-state index in [1.165, 1.54) is 0 Å². The van der Waals surface area contributed by atoms with E-state index >= 15 is 0 Å². The number of aromatic amines is 1. The lowest BCUT2D eigenvalue weighted by Gasteiger charge is -2.01. The highest BCUT2D eigenvalue weighted by atomic mass is 32.2. The van der Waals surface area contributed by atoms with Crippen LogP contribution in [-0.2, 0) is 12.2 Å². The molecule has 22 heavy (non-hydrogen) atoms. The fourth-order valence-corrected chi connectivity index (χ4v) is 3.53. The van der Waals surface area contributed by atoms with Crippen molar-refractivity contribution in [2.45, 2.75) is 24.3 Å². The van der Waals surface area contributed by atoms with Crippen LogP contribution >= 0.6 is 23.1 Å². The number of aromatic nitrogens is 4. The minimum atomic E-state index is 0.765. The maximum Gasteiger partial charge on any atom is 0.208 e. The lowest BCUT2D eigenvalue weighted by Crippen LogP contribution is -1.85. The molecule has 0 fully saturated rings. The van der Waals surface area contributed by atoms with Crippen molar-refractivity contribution >= 4 is 23.1 Å². The molecule has 1 N–H and O–H groups in total. The van der Waals surface area contributed by atoms with Crippen LogP contribution in [0.5, 0.6) is 5.75 Å². The summed E-state index contributed by atoms with van der Waals surface area (Å²) in [5, 5.41) is 10.9. The van der Waals surface area contributed by atoms with Gasteiger partial charge in [-0.25, -0.2) is 9.97 Å². The average molecular weight is 332 g/mol. The number of benzene rings is 1. The van der Waals surface area contributed by atoms with Gasteiger partial charge in [0.1, 0.15) is 16.6 Å². The lowest BCUT2D eigenvalue weighted by atomic mass is 10.2. The summed E-state index contributed by atoms with van der Waals surface area (Å²) in [6, 6.07) is 7.95. The zero-order chi connectivity index (χ0) is 15.4. The van der Waals surface area contributed by atoms with E-state index in [9.17, 15) is 0 Å². The predicted molar refractivity (Wildman–Crippen MR) is 89.4 cm³/mol. The van der Waals surface area contributed by atoms with Crippen molar-refractivity contribution in [3.8, 4) is 16.3 Å². The van der Waals surface area contributed by atoms with Crippen molar-refractivity contribution in [1.29, 1.82) is 0 Å². The molecule has 0 spiro atoms. The van der Waals surface area contributed by atoms with Crippen molar-refractivity contribution in [2.24, 2.45) is 0 Å². The molecule has 0 aliphatic heterocycles. The van der Waals surface area contributed by atoms with E-state index in [-0.39, 0.29) is 0 Å². The Labute approximate surface area is 137 Å². The third-order valence-corrected chi connectivity index (χ3v) is 4.88. The summed E-state index contributed by atoms with van der Waals surface area (Å²) in [4.78, 5) is 9.06. The number of H-pyrrole nitrogens is 1. The summed E-state index contributed by atoms with van der Waals surface area (Å²) in [5.74, 6) is 2.52. The molecule has 0 bridgehead atoms. The zero-order valence-electron chi connectivity index (χ0n) is 12.4. The zero-order valence-corrected chi connectivity index (χ0v) is 14.0. The highest BCUT2D eigenvalue weighted by Gasteiger charge is 2.08. The topological polar surface area (TPSA) is 63.7 Å². The van der Waals surface area contributed by atoms with Gasteiger partial charge in [-0.1, -0.05) is 30.8 Å². The minimum absolute atomic E-state index is 0.765. The first kappa shape index (κ1) is 15.1. The van der Waals surface area contributed by atoms with E-state index in [4.69, 9.17) is 4.74 Å². The largest absolute Gasteiger partial charge is 0.497 e. The van der Waals surface area contributed by atoms with E-state index < -0.39 is 0 Å². The van der Waals surface area contributed by atoms with E-state index in [0.717, 1.165) is 45.2 Å². The number of nitrogens with one attached hydrogen (secondary N) is 1. The van der Waals surface area contributed by atoms with Gasteiger partial charge in [0.05, 0.1) is 12.8 Å². The third kappa shape index (κ3) is 3.48. The van der Waals surface area contributed by atoms with E-state index in [2.05, 4.69) is 32.5 Å². The maximum atomic E-state index is 5.25. The average Bonchev–Trinajstić information content (AvgIpc) is 3.22. The highest BCUT2D eigenvalue weighted by Crippen LogP contribution is 2.28. The van der Waals surface area contributed by atoms with Crippen LogP contribution in [0, 0.1) is 0 Å². The molecule has 7 heteroatoms. The Morgan fingerprint density at radius 1 is 1.32 bits per heavy atom. The summed E-state index contributed by atoms with van der Waals surface area (Å²) in [6.45, 7) is 2.05. The fraction of sp³-hybridized carbons (Fsp3) is 0.267. The molecular weight excluding hydrogens is 316 g/mol. The number of nitrogens with zero attached hydrogens (tertiary/aromatic N) is 3. The second-order valence-electron chi connectivity index (χ2n) is 4.58. The SMILES string of the molecule is CCc1nc(SCc2csc(-c3cccc(OC)c3)n2)n[nH]1. The Bertz CT molecular complexity index is 753. The van der Waals surface area contributed by atoms with Crippen LogP contribution < -0.4 is 4.74 Å². The van der Waals surface area contributed by atoms with Crippen molar-refractivity contribution in [3.05, 3.63) is 41.2 Å². The molecule has 5 nitrogen and oxygen atoms in total. The van der Waals surface area contributed by atoms with Gasteiger partial charge < -0.3 is 4.74 Å². The van der Waals surface area contributed by atoms with Gasteiger partial charge in [-0.3, -0.25) is 5.10 Å². The van der Waals surface area contributed by atoms with Gasteiger partial charge >= 0.3 is 0 Å². The Balaban J connectivity index is 1.68. The van der Waals surface area contributed by atoms with E-state index in [1.54, 1.807) is 30.2 Å². The number of aryl methyl sites for hydroxylation is 1. The van der Waals surface area contributed by atoms with E-state index in [0.29, 0.717) is 0 Å². The van der Waals surface area contributed by atoms with Crippen molar-refractivity contribution in [2.75, 3.05) is 7.11 Å². The van der Waals surface area contributed by atoms with Gasteiger partial charge in [0, 0.05) is 23.1 Å². The first-order valence-electron chi connectivity index (χ1n) is 6.91. The van der Waals surface area contributed by atoms with Crippen molar-refractivity contribution in [3.63, 3.8) is 0 Å². The third-order valence-electron chi connectivity index (χ3n) is 3.06. The molecule has 0 unspecified atom stereocenters. The highest BCUT2D eigenvalue weighted by molar-refractivity contribution is 7.98. The maximum absolute atomic E-state index is 5.25. The smallest absolute Gasteiger partial charge is 0.208 e.